The van der Waals surface area contributed by atoms with Crippen LogP contribution in [0.4, 0.5) is 0 Å². The molecule has 0 radical (unpaired) electrons. The smallest absolute Gasteiger partial charge is 0.0636 e. The summed E-state index contributed by atoms with van der Waals surface area (Å²) >= 11 is 0. The standard InChI is InChI=1S/C13H25NO/c1-9(15)8-14-11-7-10-5-6-13(11,4)12(10,2)3/h9-11,14-15H,5-8H2,1-4H3/t9?,10?,11?,13-/m0/s1. The van der Waals surface area contributed by atoms with E-state index in [1.54, 1.807) is 0 Å². The van der Waals surface area contributed by atoms with Gasteiger partial charge in [0.2, 0.25) is 0 Å². The molecule has 2 nitrogen and oxygen atoms in total. The molecule has 2 bridgehead atoms. The van der Waals surface area contributed by atoms with Gasteiger partial charge in [-0.05, 0) is 42.9 Å². The van der Waals surface area contributed by atoms with Crippen molar-refractivity contribution in [1.29, 1.82) is 0 Å². The summed E-state index contributed by atoms with van der Waals surface area (Å²) < 4.78 is 0. The van der Waals surface area contributed by atoms with Gasteiger partial charge in [-0.3, -0.25) is 0 Å². The van der Waals surface area contributed by atoms with E-state index in [0.29, 0.717) is 16.9 Å². The Kier molecular flexibility index (Phi) is 2.63. The van der Waals surface area contributed by atoms with Crippen LogP contribution in [0.25, 0.3) is 0 Å². The lowest BCUT2D eigenvalue weighted by Crippen LogP contribution is -2.46. The Morgan fingerprint density at radius 1 is 1.40 bits per heavy atom. The minimum atomic E-state index is -0.226. The average molecular weight is 211 g/mol. The Morgan fingerprint density at radius 2 is 2.07 bits per heavy atom. The van der Waals surface area contributed by atoms with E-state index in [4.69, 9.17) is 0 Å². The molecule has 0 aromatic carbocycles. The first kappa shape index (κ1) is 11.4. The largest absolute Gasteiger partial charge is 0.392 e. The van der Waals surface area contributed by atoms with Gasteiger partial charge in [-0.15, -0.1) is 0 Å². The molecule has 2 N–H and O–H groups in total. The Hall–Kier alpha value is -0.0800. The molecule has 88 valence electrons. The van der Waals surface area contributed by atoms with E-state index >= 15 is 0 Å². The predicted molar refractivity (Wildman–Crippen MR) is 62.7 cm³/mol. The first-order valence-electron chi connectivity index (χ1n) is 6.29. The normalized spacial score (nSPS) is 44.6. The van der Waals surface area contributed by atoms with Crippen LogP contribution in [0.2, 0.25) is 0 Å². The van der Waals surface area contributed by atoms with Gasteiger partial charge in [-0.1, -0.05) is 20.8 Å². The van der Waals surface area contributed by atoms with Crippen molar-refractivity contribution in [1.82, 2.24) is 5.32 Å². The van der Waals surface area contributed by atoms with Crippen molar-refractivity contribution < 1.29 is 5.11 Å². The Balaban J connectivity index is 2.06. The maximum Gasteiger partial charge on any atom is 0.0636 e. The third kappa shape index (κ3) is 1.53. The summed E-state index contributed by atoms with van der Waals surface area (Å²) in [5.41, 5.74) is 0.913. The van der Waals surface area contributed by atoms with Crippen LogP contribution in [-0.2, 0) is 0 Å². The van der Waals surface area contributed by atoms with Gasteiger partial charge in [0.05, 0.1) is 6.10 Å². The highest BCUT2D eigenvalue weighted by Crippen LogP contribution is 2.65. The van der Waals surface area contributed by atoms with E-state index in [1.807, 2.05) is 6.92 Å². The molecule has 2 rings (SSSR count). The molecule has 0 heterocycles. The monoisotopic (exact) mass is 211 g/mol. The maximum absolute atomic E-state index is 9.33. The predicted octanol–water partition coefficient (Wildman–Crippen LogP) is 2.17. The number of aliphatic hydroxyl groups is 1. The van der Waals surface area contributed by atoms with E-state index in [9.17, 15) is 5.11 Å². The Labute approximate surface area is 93.5 Å². The van der Waals surface area contributed by atoms with E-state index < -0.39 is 0 Å². The van der Waals surface area contributed by atoms with Crippen LogP contribution in [-0.4, -0.2) is 23.8 Å². The molecule has 0 spiro atoms. The van der Waals surface area contributed by atoms with Crippen LogP contribution < -0.4 is 5.32 Å². The van der Waals surface area contributed by atoms with Crippen molar-refractivity contribution in [2.24, 2.45) is 16.7 Å². The summed E-state index contributed by atoms with van der Waals surface area (Å²) in [5, 5.41) is 12.9. The van der Waals surface area contributed by atoms with Crippen molar-refractivity contribution in [3.05, 3.63) is 0 Å². The summed E-state index contributed by atoms with van der Waals surface area (Å²) in [6.45, 7) is 9.87. The summed E-state index contributed by atoms with van der Waals surface area (Å²) in [4.78, 5) is 0. The molecule has 4 atom stereocenters. The topological polar surface area (TPSA) is 32.3 Å². The lowest BCUT2D eigenvalue weighted by molar-refractivity contribution is 0.109. The van der Waals surface area contributed by atoms with Gasteiger partial charge in [0.25, 0.3) is 0 Å². The number of aliphatic hydroxyl groups excluding tert-OH is 1. The van der Waals surface area contributed by atoms with Crippen LogP contribution in [0.1, 0.15) is 47.0 Å². The molecule has 2 heteroatoms. The summed E-state index contributed by atoms with van der Waals surface area (Å²) in [7, 11) is 0. The second kappa shape index (κ2) is 3.46. The number of rotatable bonds is 3. The van der Waals surface area contributed by atoms with Gasteiger partial charge >= 0.3 is 0 Å². The highest BCUT2D eigenvalue weighted by Gasteiger charge is 2.60. The number of fused-ring (bicyclic) bond motifs is 2. The molecule has 2 aliphatic rings. The van der Waals surface area contributed by atoms with Crippen LogP contribution in [0.3, 0.4) is 0 Å². The zero-order valence-corrected chi connectivity index (χ0v) is 10.5. The number of nitrogens with one attached hydrogen (secondary N) is 1. The highest BCUT2D eigenvalue weighted by molar-refractivity contribution is 5.12. The van der Waals surface area contributed by atoms with Crippen LogP contribution in [0.5, 0.6) is 0 Å². The van der Waals surface area contributed by atoms with Crippen LogP contribution in [0, 0.1) is 16.7 Å². The molecule has 0 aromatic heterocycles. The lowest BCUT2D eigenvalue weighted by atomic mass is 9.69. The van der Waals surface area contributed by atoms with Gasteiger partial charge in [0, 0.05) is 12.6 Å². The number of hydrogen-bond donors (Lipinski definition) is 2. The van der Waals surface area contributed by atoms with Crippen LogP contribution >= 0.6 is 0 Å². The minimum Gasteiger partial charge on any atom is -0.392 e. The number of hydrogen-bond acceptors (Lipinski definition) is 2. The summed E-state index contributed by atoms with van der Waals surface area (Å²) in [6.07, 6.45) is 3.82. The average Bonchev–Trinajstić information content (AvgIpc) is 2.46. The van der Waals surface area contributed by atoms with Crippen molar-refractivity contribution in [3.63, 3.8) is 0 Å². The SMILES string of the molecule is CC(O)CNC1CC2CC[C@]1(C)C2(C)C. The lowest BCUT2D eigenvalue weighted by Gasteiger charge is -2.39. The first-order chi connectivity index (χ1) is 6.88. The quantitative estimate of drug-likeness (QED) is 0.750. The van der Waals surface area contributed by atoms with E-state index in [0.717, 1.165) is 12.5 Å². The van der Waals surface area contributed by atoms with Gasteiger partial charge in [-0.2, -0.15) is 0 Å². The summed E-state index contributed by atoms with van der Waals surface area (Å²) in [6, 6.07) is 0.612. The Bertz CT molecular complexity index is 249. The fraction of sp³-hybridized carbons (Fsp3) is 1.00. The van der Waals surface area contributed by atoms with Gasteiger partial charge in [0.15, 0.2) is 0 Å². The van der Waals surface area contributed by atoms with Crippen molar-refractivity contribution in [2.45, 2.75) is 59.1 Å². The molecular weight excluding hydrogens is 186 g/mol. The van der Waals surface area contributed by atoms with Gasteiger partial charge in [-0.25, -0.2) is 0 Å². The molecule has 0 amide bonds. The molecule has 15 heavy (non-hydrogen) atoms. The zero-order valence-electron chi connectivity index (χ0n) is 10.5. The Morgan fingerprint density at radius 3 is 2.47 bits per heavy atom. The second-order valence-electron chi connectivity index (χ2n) is 6.42. The fourth-order valence-corrected chi connectivity index (χ4v) is 3.83. The first-order valence-corrected chi connectivity index (χ1v) is 6.29. The molecule has 2 fully saturated rings. The molecular formula is C13H25NO. The maximum atomic E-state index is 9.33. The fourth-order valence-electron chi connectivity index (χ4n) is 3.83. The third-order valence-electron chi connectivity index (χ3n) is 5.45. The molecule has 2 aliphatic carbocycles. The van der Waals surface area contributed by atoms with Gasteiger partial charge < -0.3 is 10.4 Å². The zero-order chi connectivity index (χ0) is 11.3. The van der Waals surface area contributed by atoms with Crippen molar-refractivity contribution >= 4 is 0 Å². The summed E-state index contributed by atoms with van der Waals surface area (Å²) in [5.74, 6) is 0.883. The molecule has 2 saturated carbocycles. The van der Waals surface area contributed by atoms with Crippen molar-refractivity contribution in [2.75, 3.05) is 6.54 Å². The van der Waals surface area contributed by atoms with E-state index in [1.165, 1.54) is 19.3 Å². The minimum absolute atomic E-state index is 0.226. The molecule has 0 aliphatic heterocycles. The molecule has 3 unspecified atom stereocenters. The van der Waals surface area contributed by atoms with Crippen molar-refractivity contribution in [3.8, 4) is 0 Å². The van der Waals surface area contributed by atoms with E-state index in [-0.39, 0.29) is 6.10 Å². The molecule has 0 aromatic rings. The van der Waals surface area contributed by atoms with Gasteiger partial charge in [0.1, 0.15) is 0 Å². The third-order valence-corrected chi connectivity index (χ3v) is 5.45. The highest BCUT2D eigenvalue weighted by atomic mass is 16.3. The van der Waals surface area contributed by atoms with Crippen LogP contribution in [0.15, 0.2) is 0 Å². The van der Waals surface area contributed by atoms with E-state index in [2.05, 4.69) is 26.1 Å². The second-order valence-corrected chi connectivity index (χ2v) is 6.42. The molecule has 0 saturated heterocycles.